The SMILES string of the molecule is COC[C@@H](C)NC(=O)CSc1nnc(-c2ccc(Cl)cc2)n1-c1ccccc1. The highest BCUT2D eigenvalue weighted by Gasteiger charge is 2.17. The molecule has 6 nitrogen and oxygen atoms in total. The molecule has 1 heterocycles. The molecule has 0 unspecified atom stereocenters. The van der Waals surface area contributed by atoms with Crippen molar-refractivity contribution in [3.63, 3.8) is 0 Å². The lowest BCUT2D eigenvalue weighted by Crippen LogP contribution is -2.36. The van der Waals surface area contributed by atoms with Gasteiger partial charge in [-0.25, -0.2) is 0 Å². The van der Waals surface area contributed by atoms with Gasteiger partial charge < -0.3 is 10.1 Å². The molecule has 0 saturated heterocycles. The number of para-hydroxylation sites is 1. The van der Waals surface area contributed by atoms with Crippen LogP contribution >= 0.6 is 23.4 Å². The largest absolute Gasteiger partial charge is 0.383 e. The van der Waals surface area contributed by atoms with Crippen molar-refractivity contribution in [2.24, 2.45) is 0 Å². The fraction of sp³-hybridized carbons (Fsp3) is 0.250. The number of carbonyl (C=O) groups is 1. The van der Waals surface area contributed by atoms with Gasteiger partial charge >= 0.3 is 0 Å². The fourth-order valence-corrected chi connectivity index (χ4v) is 3.59. The molecule has 0 aliphatic carbocycles. The molecule has 1 atom stereocenters. The highest BCUT2D eigenvalue weighted by molar-refractivity contribution is 7.99. The first-order chi connectivity index (χ1) is 13.6. The number of methoxy groups -OCH3 is 1. The number of nitrogens with zero attached hydrogens (tertiary/aromatic N) is 3. The minimum Gasteiger partial charge on any atom is -0.383 e. The Balaban J connectivity index is 1.85. The molecular formula is C20H21ClN4O2S. The number of hydrogen-bond acceptors (Lipinski definition) is 5. The standard InChI is InChI=1S/C20H21ClN4O2S/c1-14(12-27-2)22-18(26)13-28-20-24-23-19(15-8-10-16(21)11-9-15)25(20)17-6-4-3-5-7-17/h3-11,14H,12-13H2,1-2H3,(H,22,26)/t14-/m1/s1. The van der Waals surface area contributed by atoms with Gasteiger partial charge in [-0.15, -0.1) is 10.2 Å². The Morgan fingerprint density at radius 3 is 2.57 bits per heavy atom. The second kappa shape index (κ2) is 9.73. The number of ether oxygens (including phenoxy) is 1. The quantitative estimate of drug-likeness (QED) is 0.565. The van der Waals surface area contributed by atoms with Crippen molar-refractivity contribution in [2.75, 3.05) is 19.5 Å². The maximum absolute atomic E-state index is 12.2. The Morgan fingerprint density at radius 1 is 1.18 bits per heavy atom. The van der Waals surface area contributed by atoms with Crippen molar-refractivity contribution in [3.8, 4) is 17.1 Å². The average molecular weight is 417 g/mol. The summed E-state index contributed by atoms with van der Waals surface area (Å²) in [5.41, 5.74) is 1.82. The molecule has 0 aliphatic heterocycles. The molecule has 0 saturated carbocycles. The second-order valence-corrected chi connectivity index (χ2v) is 7.58. The zero-order chi connectivity index (χ0) is 19.9. The Morgan fingerprint density at radius 2 is 1.89 bits per heavy atom. The van der Waals surface area contributed by atoms with Gasteiger partial charge in [-0.1, -0.05) is 41.6 Å². The maximum Gasteiger partial charge on any atom is 0.230 e. The summed E-state index contributed by atoms with van der Waals surface area (Å²) >= 11 is 7.35. The number of amides is 1. The van der Waals surface area contributed by atoms with Crippen LogP contribution in [-0.2, 0) is 9.53 Å². The summed E-state index contributed by atoms with van der Waals surface area (Å²) in [7, 11) is 1.61. The summed E-state index contributed by atoms with van der Waals surface area (Å²) in [5, 5.41) is 12.9. The molecule has 2 aromatic carbocycles. The van der Waals surface area contributed by atoms with Gasteiger partial charge in [0.05, 0.1) is 12.4 Å². The highest BCUT2D eigenvalue weighted by atomic mass is 35.5. The minimum absolute atomic E-state index is 0.0466. The van der Waals surface area contributed by atoms with Crippen LogP contribution in [0.5, 0.6) is 0 Å². The summed E-state index contributed by atoms with van der Waals surface area (Å²) in [4.78, 5) is 12.2. The first-order valence-corrected chi connectivity index (χ1v) is 10.1. The first-order valence-electron chi connectivity index (χ1n) is 8.76. The molecule has 28 heavy (non-hydrogen) atoms. The number of thioether (sulfide) groups is 1. The molecule has 0 aliphatic rings. The Hall–Kier alpha value is -2.35. The van der Waals surface area contributed by atoms with Crippen LogP contribution in [0.25, 0.3) is 17.1 Å². The summed E-state index contributed by atoms with van der Waals surface area (Å²) in [6.07, 6.45) is 0. The van der Waals surface area contributed by atoms with E-state index in [1.165, 1.54) is 11.8 Å². The van der Waals surface area contributed by atoms with Crippen molar-refractivity contribution in [3.05, 3.63) is 59.6 Å². The van der Waals surface area contributed by atoms with Crippen molar-refractivity contribution < 1.29 is 9.53 Å². The molecule has 0 fully saturated rings. The van der Waals surface area contributed by atoms with E-state index < -0.39 is 0 Å². The molecule has 3 aromatic rings. The number of nitrogens with one attached hydrogen (secondary N) is 1. The third kappa shape index (κ3) is 5.13. The lowest BCUT2D eigenvalue weighted by atomic mass is 10.2. The summed E-state index contributed by atoms with van der Waals surface area (Å²) in [6.45, 7) is 2.37. The normalized spacial score (nSPS) is 12.0. The predicted molar refractivity (Wildman–Crippen MR) is 112 cm³/mol. The van der Waals surface area contributed by atoms with Gasteiger partial charge in [0.2, 0.25) is 5.91 Å². The Labute approximate surface area is 173 Å². The van der Waals surface area contributed by atoms with Gasteiger partial charge in [-0.3, -0.25) is 9.36 Å². The van der Waals surface area contributed by atoms with Gasteiger partial charge in [0, 0.05) is 29.4 Å². The minimum atomic E-state index is -0.0785. The zero-order valence-corrected chi connectivity index (χ0v) is 17.2. The van der Waals surface area contributed by atoms with Crippen molar-refractivity contribution >= 4 is 29.3 Å². The molecule has 1 amide bonds. The van der Waals surface area contributed by atoms with E-state index in [0.29, 0.717) is 22.6 Å². The third-order valence-electron chi connectivity index (χ3n) is 3.91. The van der Waals surface area contributed by atoms with Crippen LogP contribution in [0, 0.1) is 0 Å². The van der Waals surface area contributed by atoms with Crippen LogP contribution in [0.3, 0.4) is 0 Å². The molecule has 0 radical (unpaired) electrons. The van der Waals surface area contributed by atoms with Gasteiger partial charge in [-0.2, -0.15) is 0 Å². The van der Waals surface area contributed by atoms with Crippen LogP contribution in [0.15, 0.2) is 59.8 Å². The van der Waals surface area contributed by atoms with E-state index >= 15 is 0 Å². The monoisotopic (exact) mass is 416 g/mol. The van der Waals surface area contributed by atoms with Gasteiger partial charge in [-0.05, 0) is 43.3 Å². The number of hydrogen-bond donors (Lipinski definition) is 1. The zero-order valence-electron chi connectivity index (χ0n) is 15.6. The summed E-state index contributed by atoms with van der Waals surface area (Å²) in [5.74, 6) is 0.850. The molecule has 0 spiro atoms. The first kappa shape index (κ1) is 20.4. The fourth-order valence-electron chi connectivity index (χ4n) is 2.70. The van der Waals surface area contributed by atoms with Gasteiger partial charge in [0.15, 0.2) is 11.0 Å². The maximum atomic E-state index is 12.2. The van der Waals surface area contributed by atoms with E-state index in [4.69, 9.17) is 16.3 Å². The van der Waals surface area contributed by atoms with E-state index in [0.717, 1.165) is 11.3 Å². The van der Waals surface area contributed by atoms with E-state index in [-0.39, 0.29) is 17.7 Å². The highest BCUT2D eigenvalue weighted by Crippen LogP contribution is 2.28. The molecule has 8 heteroatoms. The van der Waals surface area contributed by atoms with Crippen molar-refractivity contribution in [1.82, 2.24) is 20.1 Å². The molecular weight excluding hydrogens is 396 g/mol. The van der Waals surface area contributed by atoms with Crippen LogP contribution < -0.4 is 5.32 Å². The smallest absolute Gasteiger partial charge is 0.230 e. The summed E-state index contributed by atoms with van der Waals surface area (Å²) < 4.78 is 6.99. The third-order valence-corrected chi connectivity index (χ3v) is 5.09. The van der Waals surface area contributed by atoms with Crippen LogP contribution in [-0.4, -0.2) is 46.2 Å². The van der Waals surface area contributed by atoms with Crippen LogP contribution in [0.1, 0.15) is 6.92 Å². The average Bonchev–Trinajstić information content (AvgIpc) is 3.12. The van der Waals surface area contributed by atoms with Gasteiger partial charge in [0.25, 0.3) is 0 Å². The van der Waals surface area contributed by atoms with E-state index in [1.807, 2.05) is 66.1 Å². The van der Waals surface area contributed by atoms with E-state index in [9.17, 15) is 4.79 Å². The number of rotatable bonds is 8. The molecule has 1 aromatic heterocycles. The topological polar surface area (TPSA) is 69.0 Å². The van der Waals surface area contributed by atoms with E-state index in [1.54, 1.807) is 7.11 Å². The second-order valence-electron chi connectivity index (χ2n) is 6.20. The van der Waals surface area contributed by atoms with Crippen molar-refractivity contribution in [2.45, 2.75) is 18.1 Å². The molecule has 3 rings (SSSR count). The van der Waals surface area contributed by atoms with Crippen LogP contribution in [0.2, 0.25) is 5.02 Å². The molecule has 1 N–H and O–H groups in total. The lowest BCUT2D eigenvalue weighted by Gasteiger charge is -2.13. The number of aromatic nitrogens is 3. The number of halogens is 1. The van der Waals surface area contributed by atoms with Crippen LogP contribution in [0.4, 0.5) is 0 Å². The van der Waals surface area contributed by atoms with E-state index in [2.05, 4.69) is 15.5 Å². The van der Waals surface area contributed by atoms with Gasteiger partial charge in [0.1, 0.15) is 0 Å². The molecule has 146 valence electrons. The Kier molecular flexibility index (Phi) is 7.08. The number of carbonyl (C=O) groups excluding carboxylic acids is 1. The summed E-state index contributed by atoms with van der Waals surface area (Å²) in [6, 6.07) is 17.2. The lowest BCUT2D eigenvalue weighted by molar-refractivity contribution is -0.119. The molecule has 0 bridgehead atoms. The Bertz CT molecular complexity index is 916. The predicted octanol–water partition coefficient (Wildman–Crippen LogP) is 3.83. The number of benzene rings is 2. The van der Waals surface area contributed by atoms with Crippen molar-refractivity contribution in [1.29, 1.82) is 0 Å².